The number of fused-ring (bicyclic) bond motifs is 1. The number of aldehydes is 1. The molecule has 5 N–H and O–H groups in total. The molecule has 2 rings (SSSR count). The van der Waals surface area contributed by atoms with Gasteiger partial charge in [0, 0.05) is 0 Å². The molecule has 1 aliphatic heterocycles. The van der Waals surface area contributed by atoms with E-state index in [-0.39, 0.29) is 16.7 Å². The van der Waals surface area contributed by atoms with Crippen LogP contribution in [-0.4, -0.2) is 65.5 Å². The maximum atomic E-state index is 11.1. The van der Waals surface area contributed by atoms with Crippen LogP contribution >= 0.6 is 0 Å². The predicted molar refractivity (Wildman–Crippen MR) is 76.9 cm³/mol. The Balaban J connectivity index is 0.000000232. The largest absolute Gasteiger partial charge is 0.391 e. The fraction of sp³-hybridized carbons (Fsp3) is 0.385. The Morgan fingerprint density at radius 2 is 1.65 bits per heavy atom. The van der Waals surface area contributed by atoms with Crippen molar-refractivity contribution in [3.63, 3.8) is 0 Å². The van der Waals surface area contributed by atoms with E-state index in [1.54, 1.807) is 12.1 Å². The van der Waals surface area contributed by atoms with E-state index in [0.29, 0.717) is 0 Å². The minimum Gasteiger partial charge on any atom is -0.391 e. The number of aliphatic hydroxyl groups excluding tert-OH is 4. The van der Waals surface area contributed by atoms with Crippen molar-refractivity contribution in [1.82, 2.24) is 4.72 Å². The molecule has 0 saturated heterocycles. The van der Waals surface area contributed by atoms with Gasteiger partial charge < -0.3 is 25.2 Å². The number of sulfonamides is 1. The number of carbonyl (C=O) groups excluding carboxylic acids is 2. The van der Waals surface area contributed by atoms with Crippen LogP contribution in [0.4, 0.5) is 0 Å². The predicted octanol–water partition coefficient (Wildman–Crippen LogP) is -2.23. The lowest BCUT2D eigenvalue weighted by atomic mass is 10.1. The molecule has 4 unspecified atom stereocenters. The summed E-state index contributed by atoms with van der Waals surface area (Å²) in [6, 6.07) is 6.09. The number of hydrogen-bond acceptors (Lipinski definition) is 8. The molecule has 1 aromatic carbocycles. The summed E-state index contributed by atoms with van der Waals surface area (Å²) in [4.78, 5) is 20.9. The quantitative estimate of drug-likeness (QED) is 0.382. The van der Waals surface area contributed by atoms with E-state index in [1.807, 2.05) is 4.72 Å². The molecule has 9 nitrogen and oxygen atoms in total. The summed E-state index contributed by atoms with van der Waals surface area (Å²) >= 11 is 0. The van der Waals surface area contributed by atoms with Crippen molar-refractivity contribution in [2.75, 3.05) is 0 Å². The average Bonchev–Trinajstić information content (AvgIpc) is 2.75. The Bertz CT molecular complexity index is 672. The van der Waals surface area contributed by atoms with Gasteiger partial charge in [0.2, 0.25) is 0 Å². The summed E-state index contributed by atoms with van der Waals surface area (Å²) in [7, 11) is -3.55. The highest BCUT2D eigenvalue weighted by molar-refractivity contribution is 7.90. The van der Waals surface area contributed by atoms with Crippen molar-refractivity contribution in [3.8, 4) is 0 Å². The second kappa shape index (κ2) is 7.62. The van der Waals surface area contributed by atoms with Crippen molar-refractivity contribution in [1.29, 1.82) is 0 Å². The highest BCUT2D eigenvalue weighted by atomic mass is 32.2. The third-order valence-electron chi connectivity index (χ3n) is 2.98. The van der Waals surface area contributed by atoms with Crippen LogP contribution in [0.25, 0.3) is 0 Å². The molecule has 10 heteroatoms. The van der Waals surface area contributed by atoms with Gasteiger partial charge in [-0.1, -0.05) is 12.1 Å². The van der Waals surface area contributed by atoms with Crippen LogP contribution in [0.3, 0.4) is 0 Å². The van der Waals surface area contributed by atoms with Crippen molar-refractivity contribution in [2.24, 2.45) is 0 Å². The van der Waals surface area contributed by atoms with Gasteiger partial charge in [0.1, 0.15) is 23.2 Å². The molecule has 128 valence electrons. The van der Waals surface area contributed by atoms with E-state index in [4.69, 9.17) is 20.4 Å². The highest BCUT2D eigenvalue weighted by Crippen LogP contribution is 2.20. The zero-order valence-corrected chi connectivity index (χ0v) is 12.8. The molecule has 0 aromatic heterocycles. The van der Waals surface area contributed by atoms with Crippen LogP contribution in [0.15, 0.2) is 29.2 Å². The van der Waals surface area contributed by atoms with Crippen molar-refractivity contribution >= 4 is 22.2 Å². The second-order valence-corrected chi connectivity index (χ2v) is 6.43. The zero-order chi connectivity index (χ0) is 17.8. The molecule has 4 atom stereocenters. The van der Waals surface area contributed by atoms with Gasteiger partial charge in [-0.2, -0.15) is 0 Å². The monoisotopic (exact) mass is 347 g/mol. The number of amides is 1. The van der Waals surface area contributed by atoms with E-state index in [0.717, 1.165) is 0 Å². The van der Waals surface area contributed by atoms with Gasteiger partial charge in [0.25, 0.3) is 15.9 Å². The Morgan fingerprint density at radius 1 is 1.09 bits per heavy atom. The first-order chi connectivity index (χ1) is 10.6. The SMILES string of the molecule is CC(O)C(O)C(O)C(O)C=O.O=C1NS(=O)(=O)c2ccccc21. The molecule has 1 aliphatic rings. The van der Waals surface area contributed by atoms with Gasteiger partial charge in [-0.3, -0.25) is 4.79 Å². The number of nitrogens with one attached hydrogen (secondary N) is 1. The molecule has 0 fully saturated rings. The molecule has 1 amide bonds. The zero-order valence-electron chi connectivity index (χ0n) is 12.0. The van der Waals surface area contributed by atoms with Crippen molar-refractivity contribution < 1.29 is 38.4 Å². The van der Waals surface area contributed by atoms with Gasteiger partial charge in [-0.15, -0.1) is 0 Å². The second-order valence-electron chi connectivity index (χ2n) is 4.78. The maximum absolute atomic E-state index is 11.1. The van der Waals surface area contributed by atoms with Crippen molar-refractivity contribution in [3.05, 3.63) is 29.8 Å². The summed E-state index contributed by atoms with van der Waals surface area (Å²) < 4.78 is 24.2. The van der Waals surface area contributed by atoms with Crippen LogP contribution in [0.2, 0.25) is 0 Å². The number of carbonyl (C=O) groups is 2. The molecule has 0 bridgehead atoms. The van der Waals surface area contributed by atoms with Gasteiger partial charge in [0.15, 0.2) is 6.29 Å². The number of aliphatic hydroxyl groups is 4. The molecule has 0 spiro atoms. The van der Waals surface area contributed by atoms with E-state index in [2.05, 4.69) is 0 Å². The summed E-state index contributed by atoms with van der Waals surface area (Å²) in [6.07, 6.45) is -5.88. The molecule has 1 aromatic rings. The lowest BCUT2D eigenvalue weighted by Crippen LogP contribution is -2.43. The van der Waals surface area contributed by atoms with Crippen LogP contribution in [0.1, 0.15) is 17.3 Å². The van der Waals surface area contributed by atoms with E-state index < -0.39 is 40.3 Å². The first-order valence-corrected chi connectivity index (χ1v) is 7.94. The molecular formula is C13H17NO8S. The number of benzene rings is 1. The van der Waals surface area contributed by atoms with Gasteiger partial charge in [0.05, 0.1) is 11.7 Å². The van der Waals surface area contributed by atoms with E-state index in [9.17, 15) is 18.0 Å². The lowest BCUT2D eigenvalue weighted by molar-refractivity contribution is -0.132. The Labute approximate surface area is 132 Å². The Kier molecular flexibility index (Phi) is 6.36. The molecule has 0 saturated carbocycles. The third kappa shape index (κ3) is 4.56. The normalized spacial score (nSPS) is 20.1. The minimum atomic E-state index is -3.55. The molecule has 0 aliphatic carbocycles. The fourth-order valence-corrected chi connectivity index (χ4v) is 2.86. The summed E-state index contributed by atoms with van der Waals surface area (Å²) in [5, 5.41) is 35.1. The van der Waals surface area contributed by atoms with E-state index in [1.165, 1.54) is 19.1 Å². The van der Waals surface area contributed by atoms with Crippen LogP contribution in [0, 0.1) is 0 Å². The summed E-state index contributed by atoms with van der Waals surface area (Å²) in [5.74, 6) is -0.550. The lowest BCUT2D eigenvalue weighted by Gasteiger charge is -2.21. The number of rotatable bonds is 4. The maximum Gasteiger partial charge on any atom is 0.266 e. The van der Waals surface area contributed by atoms with Crippen LogP contribution in [-0.2, 0) is 14.8 Å². The van der Waals surface area contributed by atoms with Gasteiger partial charge in [-0.05, 0) is 19.1 Å². The van der Waals surface area contributed by atoms with Crippen molar-refractivity contribution in [2.45, 2.75) is 36.2 Å². The molecular weight excluding hydrogens is 330 g/mol. The smallest absolute Gasteiger partial charge is 0.266 e. The molecule has 0 radical (unpaired) electrons. The standard InChI is InChI=1S/C7H5NO3S.C6H12O5/c9-7-5-3-1-2-4-6(5)12(10,11)8-7;1-3(8)5(10)6(11)4(9)2-7/h1-4H,(H,8,9);2-6,8-11H,1H3. The number of hydrogen-bond donors (Lipinski definition) is 5. The van der Waals surface area contributed by atoms with Crippen LogP contribution < -0.4 is 4.72 Å². The first kappa shape index (κ1) is 19.2. The minimum absolute atomic E-state index is 0.0648. The molecule has 23 heavy (non-hydrogen) atoms. The average molecular weight is 347 g/mol. The topological polar surface area (TPSA) is 161 Å². The third-order valence-corrected chi connectivity index (χ3v) is 4.37. The van der Waals surface area contributed by atoms with Gasteiger partial charge >= 0.3 is 0 Å². The Hall–Kier alpha value is -1.85. The van der Waals surface area contributed by atoms with E-state index >= 15 is 0 Å². The Morgan fingerprint density at radius 3 is 2.13 bits per heavy atom. The fourth-order valence-electron chi connectivity index (χ4n) is 1.69. The summed E-state index contributed by atoms with van der Waals surface area (Å²) in [5.41, 5.74) is 0.220. The summed E-state index contributed by atoms with van der Waals surface area (Å²) in [6.45, 7) is 1.24. The molecule has 1 heterocycles. The first-order valence-electron chi connectivity index (χ1n) is 6.45. The van der Waals surface area contributed by atoms with Gasteiger partial charge in [-0.25, -0.2) is 13.1 Å². The van der Waals surface area contributed by atoms with Crippen LogP contribution in [0.5, 0.6) is 0 Å². The highest BCUT2D eigenvalue weighted by Gasteiger charge is 2.31.